The molecule has 0 unspecified atom stereocenters. The molecular formula is C16H11Cl3N4O2. The van der Waals surface area contributed by atoms with Gasteiger partial charge in [-0.05, 0) is 24.3 Å². The summed E-state index contributed by atoms with van der Waals surface area (Å²) in [6, 6.07) is 10.1. The zero-order chi connectivity index (χ0) is 17.8. The van der Waals surface area contributed by atoms with Gasteiger partial charge in [-0.1, -0.05) is 52.1 Å². The number of aromatic nitrogens is 3. The van der Waals surface area contributed by atoms with Crippen molar-refractivity contribution in [3.05, 3.63) is 79.3 Å². The molecule has 3 aromatic rings. The highest BCUT2D eigenvalue weighted by Gasteiger charge is 2.08. The summed E-state index contributed by atoms with van der Waals surface area (Å²) in [5.41, 5.74) is 0.586. The first-order valence-corrected chi connectivity index (χ1v) is 8.21. The van der Waals surface area contributed by atoms with Crippen molar-refractivity contribution in [1.29, 1.82) is 0 Å². The summed E-state index contributed by atoms with van der Waals surface area (Å²) in [5, 5.41) is 7.83. The zero-order valence-electron chi connectivity index (χ0n) is 12.6. The molecule has 2 heterocycles. The number of oxime groups is 1. The number of hydrogen-bond acceptors (Lipinski definition) is 4. The van der Waals surface area contributed by atoms with Crippen molar-refractivity contribution in [3.8, 4) is 5.82 Å². The van der Waals surface area contributed by atoms with Crippen molar-refractivity contribution in [3.63, 3.8) is 0 Å². The van der Waals surface area contributed by atoms with Crippen molar-refractivity contribution < 1.29 is 4.84 Å². The monoisotopic (exact) mass is 396 g/mol. The second-order valence-corrected chi connectivity index (χ2v) is 6.10. The van der Waals surface area contributed by atoms with Crippen LogP contribution in [0.5, 0.6) is 0 Å². The van der Waals surface area contributed by atoms with Gasteiger partial charge in [0.2, 0.25) is 0 Å². The SMILES string of the molecule is O=c1c(C=NOCc2c(Cl)cccc2Cl)c[nH]n1-c1cccc(Cl)n1. The number of pyridine rings is 1. The summed E-state index contributed by atoms with van der Waals surface area (Å²) in [4.78, 5) is 21.6. The van der Waals surface area contributed by atoms with E-state index in [-0.39, 0.29) is 17.3 Å². The summed E-state index contributed by atoms with van der Waals surface area (Å²) in [5.74, 6) is 0.376. The van der Waals surface area contributed by atoms with Gasteiger partial charge in [0.05, 0.1) is 11.8 Å². The fourth-order valence-electron chi connectivity index (χ4n) is 2.03. The van der Waals surface area contributed by atoms with Crippen LogP contribution < -0.4 is 5.56 Å². The molecule has 0 radical (unpaired) electrons. The van der Waals surface area contributed by atoms with E-state index in [0.29, 0.717) is 27.0 Å². The van der Waals surface area contributed by atoms with Crippen LogP contribution in [-0.2, 0) is 11.4 Å². The molecule has 0 aliphatic heterocycles. The van der Waals surface area contributed by atoms with Crippen LogP contribution in [0.1, 0.15) is 11.1 Å². The lowest BCUT2D eigenvalue weighted by Gasteiger charge is -2.04. The third-order valence-corrected chi connectivity index (χ3v) is 4.18. The Hall–Kier alpha value is -2.28. The lowest BCUT2D eigenvalue weighted by Crippen LogP contribution is -2.18. The Balaban J connectivity index is 1.72. The Morgan fingerprint density at radius 2 is 1.88 bits per heavy atom. The van der Waals surface area contributed by atoms with Gasteiger partial charge in [0.25, 0.3) is 5.56 Å². The molecule has 0 aliphatic rings. The number of H-pyrrole nitrogens is 1. The van der Waals surface area contributed by atoms with E-state index in [1.807, 2.05) is 0 Å². The van der Waals surface area contributed by atoms with E-state index in [1.165, 1.54) is 17.1 Å². The third-order valence-electron chi connectivity index (χ3n) is 3.27. The van der Waals surface area contributed by atoms with E-state index in [2.05, 4.69) is 15.2 Å². The Morgan fingerprint density at radius 3 is 2.60 bits per heavy atom. The zero-order valence-corrected chi connectivity index (χ0v) is 14.9. The first-order chi connectivity index (χ1) is 12.1. The van der Waals surface area contributed by atoms with Crippen LogP contribution in [0.3, 0.4) is 0 Å². The highest BCUT2D eigenvalue weighted by atomic mass is 35.5. The average Bonchev–Trinajstić information content (AvgIpc) is 2.94. The van der Waals surface area contributed by atoms with E-state index >= 15 is 0 Å². The van der Waals surface area contributed by atoms with Crippen LogP contribution in [0.15, 0.2) is 52.5 Å². The van der Waals surface area contributed by atoms with Gasteiger partial charge in [-0.2, -0.15) is 0 Å². The first kappa shape index (κ1) is 17.5. The van der Waals surface area contributed by atoms with Gasteiger partial charge >= 0.3 is 0 Å². The second-order valence-electron chi connectivity index (χ2n) is 4.90. The maximum atomic E-state index is 12.3. The lowest BCUT2D eigenvalue weighted by atomic mass is 10.2. The molecule has 25 heavy (non-hydrogen) atoms. The van der Waals surface area contributed by atoms with Crippen LogP contribution >= 0.6 is 34.8 Å². The quantitative estimate of drug-likeness (QED) is 0.401. The van der Waals surface area contributed by atoms with E-state index in [1.54, 1.807) is 36.4 Å². The van der Waals surface area contributed by atoms with Gasteiger partial charge in [0, 0.05) is 21.8 Å². The molecular weight excluding hydrogens is 387 g/mol. The van der Waals surface area contributed by atoms with Crippen molar-refractivity contribution in [2.75, 3.05) is 0 Å². The maximum absolute atomic E-state index is 12.3. The first-order valence-electron chi connectivity index (χ1n) is 7.08. The van der Waals surface area contributed by atoms with Gasteiger partial charge in [-0.15, -0.1) is 0 Å². The van der Waals surface area contributed by atoms with Crippen LogP contribution in [0.2, 0.25) is 15.2 Å². The standard InChI is InChI=1S/C16H11Cl3N4O2/c17-12-3-1-4-13(18)11(12)9-25-21-8-10-7-20-23(16(10)24)15-6-2-5-14(19)22-15/h1-8,20H,9H2. The molecule has 1 aromatic carbocycles. The molecule has 128 valence electrons. The van der Waals surface area contributed by atoms with Crippen molar-refractivity contribution in [2.24, 2.45) is 5.16 Å². The number of hydrogen-bond donors (Lipinski definition) is 1. The summed E-state index contributed by atoms with van der Waals surface area (Å²) in [6.45, 7) is 0.0868. The number of nitrogens with zero attached hydrogens (tertiary/aromatic N) is 3. The van der Waals surface area contributed by atoms with E-state index in [0.717, 1.165) is 0 Å². The predicted molar refractivity (Wildman–Crippen MR) is 98.0 cm³/mol. The van der Waals surface area contributed by atoms with Crippen LogP contribution in [-0.4, -0.2) is 21.0 Å². The predicted octanol–water partition coefficient (Wildman–Crippen LogP) is 4.07. The average molecular weight is 398 g/mol. The maximum Gasteiger partial charge on any atom is 0.281 e. The van der Waals surface area contributed by atoms with Gasteiger partial charge in [0.1, 0.15) is 11.8 Å². The van der Waals surface area contributed by atoms with Crippen LogP contribution in [0.4, 0.5) is 0 Å². The molecule has 3 rings (SSSR count). The molecule has 9 heteroatoms. The molecule has 0 amide bonds. The molecule has 0 bridgehead atoms. The summed E-state index contributed by atoms with van der Waals surface area (Å²) >= 11 is 17.9. The molecule has 0 fully saturated rings. The fourth-order valence-corrected chi connectivity index (χ4v) is 2.70. The number of aromatic amines is 1. The summed E-state index contributed by atoms with van der Waals surface area (Å²) in [6.07, 6.45) is 2.78. The Labute approximate surface area is 157 Å². The molecule has 2 aromatic heterocycles. The smallest absolute Gasteiger partial charge is 0.281 e. The molecule has 1 N–H and O–H groups in total. The number of rotatable bonds is 5. The van der Waals surface area contributed by atoms with Crippen LogP contribution in [0.25, 0.3) is 5.82 Å². The largest absolute Gasteiger partial charge is 0.391 e. The van der Waals surface area contributed by atoms with Crippen molar-refractivity contribution >= 4 is 41.0 Å². The van der Waals surface area contributed by atoms with Gasteiger partial charge in [-0.25, -0.2) is 9.67 Å². The fraction of sp³-hybridized carbons (Fsp3) is 0.0625. The molecule has 0 atom stereocenters. The number of nitrogens with one attached hydrogen (secondary N) is 1. The highest BCUT2D eigenvalue weighted by molar-refractivity contribution is 6.35. The number of halogens is 3. The van der Waals surface area contributed by atoms with Crippen molar-refractivity contribution in [1.82, 2.24) is 14.8 Å². The molecule has 0 spiro atoms. The Bertz CT molecular complexity index is 961. The van der Waals surface area contributed by atoms with E-state index in [4.69, 9.17) is 39.6 Å². The second kappa shape index (κ2) is 7.74. The van der Waals surface area contributed by atoms with E-state index < -0.39 is 0 Å². The third kappa shape index (κ3) is 4.04. The summed E-state index contributed by atoms with van der Waals surface area (Å²) in [7, 11) is 0. The minimum Gasteiger partial charge on any atom is -0.391 e. The van der Waals surface area contributed by atoms with E-state index in [9.17, 15) is 4.79 Å². The summed E-state index contributed by atoms with van der Waals surface area (Å²) < 4.78 is 1.25. The van der Waals surface area contributed by atoms with Gasteiger partial charge < -0.3 is 4.84 Å². The van der Waals surface area contributed by atoms with Crippen molar-refractivity contribution in [2.45, 2.75) is 6.61 Å². The highest BCUT2D eigenvalue weighted by Crippen LogP contribution is 2.24. The topological polar surface area (TPSA) is 72.3 Å². The Kier molecular flexibility index (Phi) is 5.43. The molecule has 0 saturated heterocycles. The molecule has 0 aliphatic carbocycles. The minimum absolute atomic E-state index is 0.0868. The Morgan fingerprint density at radius 1 is 1.16 bits per heavy atom. The minimum atomic E-state index is -0.335. The molecule has 6 nitrogen and oxygen atoms in total. The number of benzene rings is 1. The van der Waals surface area contributed by atoms with Gasteiger partial charge in [-0.3, -0.25) is 9.89 Å². The van der Waals surface area contributed by atoms with Crippen LogP contribution in [0, 0.1) is 0 Å². The molecule has 0 saturated carbocycles. The normalized spacial score (nSPS) is 11.2. The van der Waals surface area contributed by atoms with Gasteiger partial charge in [0.15, 0.2) is 5.82 Å². The lowest BCUT2D eigenvalue weighted by molar-refractivity contribution is 0.132.